The molecule has 1 saturated heterocycles. The molecule has 1 saturated carbocycles. The molecule has 2 aliphatic rings. The van der Waals surface area contributed by atoms with Gasteiger partial charge in [0.25, 0.3) is 5.91 Å². The zero-order valence-electron chi connectivity index (χ0n) is 23.0. The molecule has 1 unspecified atom stereocenters. The summed E-state index contributed by atoms with van der Waals surface area (Å²) in [6, 6.07) is 14.5. The van der Waals surface area contributed by atoms with Gasteiger partial charge in [0.2, 0.25) is 0 Å². The predicted molar refractivity (Wildman–Crippen MR) is 156 cm³/mol. The fourth-order valence-electron chi connectivity index (χ4n) is 5.84. The van der Waals surface area contributed by atoms with Crippen molar-refractivity contribution in [1.82, 2.24) is 25.2 Å². The van der Waals surface area contributed by atoms with E-state index in [0.717, 1.165) is 86.1 Å². The minimum absolute atomic E-state index is 0.0595. The highest BCUT2D eigenvalue weighted by molar-refractivity contribution is 5.98. The number of hydrogen-bond donors (Lipinski definition) is 2. The Morgan fingerprint density at radius 2 is 1.90 bits per heavy atom. The normalized spacial score (nSPS) is 16.9. The molecule has 2 fully saturated rings. The van der Waals surface area contributed by atoms with E-state index < -0.39 is 0 Å². The molecule has 4 aromatic rings. The van der Waals surface area contributed by atoms with Gasteiger partial charge in [0.05, 0.1) is 23.6 Å². The van der Waals surface area contributed by atoms with Crippen LogP contribution in [0.1, 0.15) is 58.2 Å². The lowest BCUT2D eigenvalue weighted by Crippen LogP contribution is -2.46. The van der Waals surface area contributed by atoms with Crippen LogP contribution in [0.25, 0.3) is 10.9 Å². The molecule has 2 N–H and O–H groups in total. The maximum atomic E-state index is 13.3. The molecule has 6 rings (SSSR count). The number of nitrogens with zero attached hydrogens (tertiary/aromatic N) is 4. The second-order valence-electron chi connectivity index (χ2n) is 11.2. The highest BCUT2D eigenvalue weighted by Crippen LogP contribution is 2.42. The summed E-state index contributed by atoms with van der Waals surface area (Å²) < 4.78 is 0. The lowest BCUT2D eigenvalue weighted by Gasteiger charge is -2.36. The van der Waals surface area contributed by atoms with E-state index in [0.29, 0.717) is 11.6 Å². The summed E-state index contributed by atoms with van der Waals surface area (Å²) in [5.41, 5.74) is 7.42. The summed E-state index contributed by atoms with van der Waals surface area (Å²) in [4.78, 5) is 30.8. The molecule has 7 nitrogen and oxygen atoms in total. The monoisotopic (exact) mass is 522 g/mol. The SMILES string of the molecule is Cc1cc(N2CCN(CCCc3cccnc3)CC2)cnc1C(NC(=O)c1cc2cccc(C)c2[nH]1)C1CC1. The molecule has 1 aromatic carbocycles. The molecule has 1 amide bonds. The lowest BCUT2D eigenvalue weighted by atomic mass is 10.0. The van der Waals surface area contributed by atoms with Crippen molar-refractivity contribution >= 4 is 22.5 Å². The first-order chi connectivity index (χ1) is 19.0. The molecule has 0 bridgehead atoms. The van der Waals surface area contributed by atoms with Gasteiger partial charge in [0.15, 0.2) is 0 Å². The number of rotatable bonds is 9. The molecule has 0 radical (unpaired) electrons. The van der Waals surface area contributed by atoms with Crippen molar-refractivity contribution in [2.24, 2.45) is 5.92 Å². The van der Waals surface area contributed by atoms with E-state index in [1.165, 1.54) is 11.3 Å². The van der Waals surface area contributed by atoms with Crippen LogP contribution in [0.3, 0.4) is 0 Å². The second kappa shape index (κ2) is 11.2. The van der Waals surface area contributed by atoms with E-state index in [1.807, 2.05) is 42.9 Å². The highest BCUT2D eigenvalue weighted by Gasteiger charge is 2.36. The zero-order chi connectivity index (χ0) is 26.8. The van der Waals surface area contributed by atoms with Crippen LogP contribution in [-0.2, 0) is 6.42 Å². The van der Waals surface area contributed by atoms with Gasteiger partial charge in [-0.25, -0.2) is 0 Å². The van der Waals surface area contributed by atoms with Crippen LogP contribution in [-0.4, -0.2) is 58.5 Å². The molecule has 7 heteroatoms. The van der Waals surface area contributed by atoms with Crippen molar-refractivity contribution in [2.45, 2.75) is 45.6 Å². The van der Waals surface area contributed by atoms with E-state index in [4.69, 9.17) is 4.98 Å². The maximum absolute atomic E-state index is 13.3. The van der Waals surface area contributed by atoms with Crippen molar-refractivity contribution in [3.8, 4) is 0 Å². The lowest BCUT2D eigenvalue weighted by molar-refractivity contribution is 0.0926. The minimum atomic E-state index is -0.0626. The van der Waals surface area contributed by atoms with Gasteiger partial charge < -0.3 is 15.2 Å². The first kappa shape index (κ1) is 25.6. The molecule has 3 aromatic heterocycles. The Labute approximate surface area is 230 Å². The van der Waals surface area contributed by atoms with E-state index in [2.05, 4.69) is 57.1 Å². The van der Waals surface area contributed by atoms with Crippen molar-refractivity contribution in [3.63, 3.8) is 0 Å². The molecule has 1 aliphatic heterocycles. The Balaban J connectivity index is 1.07. The first-order valence-corrected chi connectivity index (χ1v) is 14.3. The van der Waals surface area contributed by atoms with E-state index in [1.54, 1.807) is 0 Å². The first-order valence-electron chi connectivity index (χ1n) is 14.3. The number of carbonyl (C=O) groups excluding carboxylic acids is 1. The number of nitrogens with one attached hydrogen (secondary N) is 2. The van der Waals surface area contributed by atoms with Crippen molar-refractivity contribution < 1.29 is 4.79 Å². The molecular weight excluding hydrogens is 484 g/mol. The third-order valence-electron chi connectivity index (χ3n) is 8.29. The number of aryl methyl sites for hydroxylation is 3. The van der Waals surface area contributed by atoms with Crippen molar-refractivity contribution in [3.05, 3.63) is 89.1 Å². The number of H-pyrrole nitrogens is 1. The summed E-state index contributed by atoms with van der Waals surface area (Å²) >= 11 is 0. The van der Waals surface area contributed by atoms with E-state index >= 15 is 0 Å². The van der Waals surface area contributed by atoms with Crippen LogP contribution in [0.5, 0.6) is 0 Å². The largest absolute Gasteiger partial charge is 0.368 e. The zero-order valence-corrected chi connectivity index (χ0v) is 23.0. The van der Waals surface area contributed by atoms with Gasteiger partial charge in [-0.15, -0.1) is 0 Å². The topological polar surface area (TPSA) is 77.2 Å². The van der Waals surface area contributed by atoms with Gasteiger partial charge >= 0.3 is 0 Å². The minimum Gasteiger partial charge on any atom is -0.368 e. The number of aromatic amines is 1. The Hall–Kier alpha value is -3.71. The fraction of sp³-hybridized carbons (Fsp3) is 0.406. The van der Waals surface area contributed by atoms with Gasteiger partial charge in [-0.2, -0.15) is 0 Å². The van der Waals surface area contributed by atoms with Gasteiger partial charge in [0, 0.05) is 49.5 Å². The van der Waals surface area contributed by atoms with E-state index in [-0.39, 0.29) is 11.9 Å². The van der Waals surface area contributed by atoms with Gasteiger partial charge in [-0.1, -0.05) is 24.3 Å². The third-order valence-corrected chi connectivity index (χ3v) is 8.29. The molecule has 1 aliphatic carbocycles. The van der Waals surface area contributed by atoms with E-state index in [9.17, 15) is 4.79 Å². The van der Waals surface area contributed by atoms with Crippen LogP contribution < -0.4 is 10.2 Å². The molecule has 0 spiro atoms. The number of para-hydroxylation sites is 1. The second-order valence-corrected chi connectivity index (χ2v) is 11.2. The summed E-state index contributed by atoms with van der Waals surface area (Å²) in [6.45, 7) is 9.47. The quantitative estimate of drug-likeness (QED) is 0.316. The third kappa shape index (κ3) is 5.83. The molecule has 1 atom stereocenters. The Bertz CT molecular complexity index is 1440. The number of fused-ring (bicyclic) bond motifs is 1. The van der Waals surface area contributed by atoms with Crippen LogP contribution >= 0.6 is 0 Å². The number of carbonyl (C=O) groups is 1. The summed E-state index contributed by atoms with van der Waals surface area (Å²) in [5.74, 6) is 0.389. The van der Waals surface area contributed by atoms with Gasteiger partial charge in [0.1, 0.15) is 5.69 Å². The van der Waals surface area contributed by atoms with Gasteiger partial charge in [-0.3, -0.25) is 19.7 Å². The average molecular weight is 523 g/mol. The number of benzene rings is 1. The number of piperazine rings is 1. The summed E-state index contributed by atoms with van der Waals surface area (Å²) in [5, 5.41) is 4.38. The highest BCUT2D eigenvalue weighted by atomic mass is 16.2. The van der Waals surface area contributed by atoms with Crippen molar-refractivity contribution in [2.75, 3.05) is 37.6 Å². The Morgan fingerprint density at radius 1 is 1.05 bits per heavy atom. The molecule has 4 heterocycles. The summed E-state index contributed by atoms with van der Waals surface area (Å²) in [7, 11) is 0. The number of hydrogen-bond acceptors (Lipinski definition) is 5. The molecule has 39 heavy (non-hydrogen) atoms. The molecule has 202 valence electrons. The predicted octanol–water partition coefficient (Wildman–Crippen LogP) is 5.21. The van der Waals surface area contributed by atoms with Crippen LogP contribution in [0.4, 0.5) is 5.69 Å². The van der Waals surface area contributed by atoms with Gasteiger partial charge in [-0.05, 0) is 86.9 Å². The van der Waals surface area contributed by atoms with Crippen LogP contribution in [0, 0.1) is 19.8 Å². The number of anilines is 1. The Morgan fingerprint density at radius 3 is 2.62 bits per heavy atom. The average Bonchev–Trinajstić information content (AvgIpc) is 3.70. The molecular formula is C32H38N6O. The Kier molecular flexibility index (Phi) is 7.33. The number of aromatic nitrogens is 3. The fourth-order valence-corrected chi connectivity index (χ4v) is 5.84. The van der Waals surface area contributed by atoms with Crippen LogP contribution in [0.2, 0.25) is 0 Å². The maximum Gasteiger partial charge on any atom is 0.268 e. The van der Waals surface area contributed by atoms with Crippen LogP contribution in [0.15, 0.2) is 61.1 Å². The number of amides is 1. The summed E-state index contributed by atoms with van der Waals surface area (Å²) in [6.07, 6.45) is 10.3. The standard InChI is InChI=1S/C32H38N6O/c1-22-6-3-9-26-19-28(35-29(22)26)32(39)36-31(25-10-11-25)30-23(2)18-27(21-34-30)38-16-14-37(15-17-38)13-5-8-24-7-4-12-33-20-24/h3-4,6-7,9,12,18-21,25,31,35H,5,8,10-11,13-17H2,1-2H3,(H,36,39). The number of pyridine rings is 2. The smallest absolute Gasteiger partial charge is 0.268 e. The van der Waals surface area contributed by atoms with Crippen molar-refractivity contribution in [1.29, 1.82) is 0 Å².